The van der Waals surface area contributed by atoms with E-state index in [0.29, 0.717) is 0 Å². The van der Waals surface area contributed by atoms with Crippen molar-refractivity contribution < 1.29 is 13.2 Å². The molecule has 0 aliphatic carbocycles. The molecule has 0 atom stereocenters. The summed E-state index contributed by atoms with van der Waals surface area (Å²) in [5, 5.41) is 0. The Morgan fingerprint density at radius 3 is 2.50 bits per heavy atom. The van der Waals surface area contributed by atoms with Crippen LogP contribution in [0.2, 0.25) is 0 Å². The molecule has 0 unspecified atom stereocenters. The largest absolute Gasteiger partial charge is 0.417 e. The first-order chi connectivity index (χ1) is 5.55. The third kappa shape index (κ3) is 1.67. The molecular formula is C9H6F3. The van der Waals surface area contributed by atoms with Gasteiger partial charge in [0.2, 0.25) is 0 Å². The second kappa shape index (κ2) is 3.01. The Bertz CT molecular complexity index is 286. The van der Waals surface area contributed by atoms with Crippen LogP contribution in [0.15, 0.2) is 24.8 Å². The van der Waals surface area contributed by atoms with E-state index < -0.39 is 11.7 Å². The molecule has 0 aliphatic rings. The third-order valence-electron chi connectivity index (χ3n) is 1.39. The molecular weight excluding hydrogens is 165 g/mol. The minimum absolute atomic E-state index is 0.0602. The van der Waals surface area contributed by atoms with Gasteiger partial charge in [0, 0.05) is 0 Å². The van der Waals surface area contributed by atoms with E-state index >= 15 is 0 Å². The van der Waals surface area contributed by atoms with Crippen LogP contribution in [0.3, 0.4) is 0 Å². The van der Waals surface area contributed by atoms with Crippen molar-refractivity contribution in [2.45, 2.75) is 6.18 Å². The van der Waals surface area contributed by atoms with Gasteiger partial charge in [-0.3, -0.25) is 0 Å². The molecule has 12 heavy (non-hydrogen) atoms. The fourth-order valence-corrected chi connectivity index (χ4v) is 0.865. The number of alkyl halides is 3. The van der Waals surface area contributed by atoms with Crippen molar-refractivity contribution in [3.05, 3.63) is 42.0 Å². The number of rotatable bonds is 1. The van der Waals surface area contributed by atoms with Gasteiger partial charge in [0.25, 0.3) is 0 Å². The molecule has 0 aliphatic heterocycles. The first-order valence-electron chi connectivity index (χ1n) is 3.26. The highest BCUT2D eigenvalue weighted by molar-refractivity contribution is 5.52. The maximum atomic E-state index is 12.2. The van der Waals surface area contributed by atoms with E-state index in [4.69, 9.17) is 0 Å². The van der Waals surface area contributed by atoms with Gasteiger partial charge in [-0.2, -0.15) is 13.2 Å². The first-order valence-corrected chi connectivity index (χ1v) is 3.26. The van der Waals surface area contributed by atoms with Crippen LogP contribution in [-0.2, 0) is 6.18 Å². The fourth-order valence-electron chi connectivity index (χ4n) is 0.865. The van der Waals surface area contributed by atoms with E-state index in [1.807, 2.05) is 0 Å². The van der Waals surface area contributed by atoms with E-state index in [2.05, 4.69) is 12.6 Å². The first kappa shape index (κ1) is 8.84. The molecule has 1 aromatic rings. The lowest BCUT2D eigenvalue weighted by Gasteiger charge is -2.08. The van der Waals surface area contributed by atoms with Crippen molar-refractivity contribution in [2.24, 2.45) is 0 Å². The monoisotopic (exact) mass is 171 g/mol. The molecule has 0 saturated carbocycles. The predicted molar refractivity (Wildman–Crippen MR) is 40.4 cm³/mol. The second-order valence-corrected chi connectivity index (χ2v) is 2.20. The molecule has 0 spiro atoms. The zero-order valence-electron chi connectivity index (χ0n) is 6.15. The van der Waals surface area contributed by atoms with Gasteiger partial charge in [0.1, 0.15) is 0 Å². The summed E-state index contributed by atoms with van der Waals surface area (Å²) in [6.45, 7) is 3.29. The summed E-state index contributed by atoms with van der Waals surface area (Å²) in [5.41, 5.74) is -0.704. The van der Waals surface area contributed by atoms with Crippen molar-refractivity contribution in [1.29, 1.82) is 0 Å². The zero-order valence-corrected chi connectivity index (χ0v) is 6.15. The van der Waals surface area contributed by atoms with Gasteiger partial charge in [0.15, 0.2) is 0 Å². The van der Waals surface area contributed by atoms with Crippen LogP contribution >= 0.6 is 0 Å². The molecule has 0 bridgehead atoms. The average Bonchev–Trinajstić information content (AvgIpc) is 2.03. The SMILES string of the molecule is C=Cc1ccc[c]c1C(F)(F)F. The highest BCUT2D eigenvalue weighted by atomic mass is 19.4. The van der Waals surface area contributed by atoms with Gasteiger partial charge in [-0.1, -0.05) is 30.9 Å². The molecule has 1 rings (SSSR count). The van der Waals surface area contributed by atoms with Crippen molar-refractivity contribution in [1.82, 2.24) is 0 Å². The highest BCUT2D eigenvalue weighted by Gasteiger charge is 2.32. The molecule has 0 saturated heterocycles. The molecule has 1 aromatic carbocycles. The normalized spacial score (nSPS) is 11.2. The van der Waals surface area contributed by atoms with Gasteiger partial charge >= 0.3 is 6.18 Å². The lowest BCUT2D eigenvalue weighted by molar-refractivity contribution is -0.137. The molecule has 1 radical (unpaired) electrons. The van der Waals surface area contributed by atoms with Crippen LogP contribution in [0, 0.1) is 6.07 Å². The van der Waals surface area contributed by atoms with E-state index in [1.54, 1.807) is 0 Å². The highest BCUT2D eigenvalue weighted by Crippen LogP contribution is 2.31. The lowest BCUT2D eigenvalue weighted by Crippen LogP contribution is -2.06. The van der Waals surface area contributed by atoms with Crippen LogP contribution in [0.1, 0.15) is 11.1 Å². The van der Waals surface area contributed by atoms with E-state index in [1.165, 1.54) is 24.3 Å². The standard InChI is InChI=1S/C9H6F3/c1-2-7-5-3-4-6-8(7)9(10,11)12/h2-5H,1H2. The van der Waals surface area contributed by atoms with Gasteiger partial charge in [-0.25, -0.2) is 0 Å². The molecule has 0 nitrogen and oxygen atoms in total. The Kier molecular flexibility index (Phi) is 2.22. The number of hydrogen-bond acceptors (Lipinski definition) is 0. The molecule has 3 heteroatoms. The van der Waals surface area contributed by atoms with Crippen LogP contribution in [-0.4, -0.2) is 0 Å². The summed E-state index contributed by atoms with van der Waals surface area (Å²) < 4.78 is 36.5. The van der Waals surface area contributed by atoms with Gasteiger partial charge in [0.05, 0.1) is 5.56 Å². The van der Waals surface area contributed by atoms with Crippen LogP contribution in [0.4, 0.5) is 13.2 Å². The number of halogens is 3. The van der Waals surface area contributed by atoms with Gasteiger partial charge < -0.3 is 0 Å². The minimum Gasteiger partial charge on any atom is -0.166 e. The van der Waals surface area contributed by atoms with Crippen molar-refractivity contribution in [3.8, 4) is 0 Å². The Labute approximate surface area is 68.3 Å². The third-order valence-corrected chi connectivity index (χ3v) is 1.39. The molecule has 0 aromatic heterocycles. The lowest BCUT2D eigenvalue weighted by atomic mass is 10.1. The summed E-state index contributed by atoms with van der Waals surface area (Å²) in [7, 11) is 0. The van der Waals surface area contributed by atoms with Crippen molar-refractivity contribution >= 4 is 6.08 Å². The van der Waals surface area contributed by atoms with Crippen molar-refractivity contribution in [3.63, 3.8) is 0 Å². The second-order valence-electron chi connectivity index (χ2n) is 2.20. The Morgan fingerprint density at radius 2 is 2.08 bits per heavy atom. The zero-order chi connectivity index (χ0) is 9.19. The minimum atomic E-state index is -4.34. The Hall–Kier alpha value is -1.25. The van der Waals surface area contributed by atoms with Gasteiger partial charge in [-0.05, 0) is 11.6 Å². The summed E-state index contributed by atoms with van der Waals surface area (Å²) in [6, 6.07) is 6.21. The van der Waals surface area contributed by atoms with E-state index in [9.17, 15) is 13.2 Å². The molecule has 0 N–H and O–H groups in total. The Morgan fingerprint density at radius 1 is 1.42 bits per heavy atom. The van der Waals surface area contributed by atoms with Crippen LogP contribution in [0.5, 0.6) is 0 Å². The summed E-state index contributed by atoms with van der Waals surface area (Å²) in [6.07, 6.45) is -3.18. The fraction of sp³-hybridized carbons (Fsp3) is 0.111. The van der Waals surface area contributed by atoms with E-state index in [0.717, 1.165) is 0 Å². The summed E-state index contributed by atoms with van der Waals surface area (Å²) in [4.78, 5) is 0. The number of hydrogen-bond donors (Lipinski definition) is 0. The molecule has 63 valence electrons. The predicted octanol–water partition coefficient (Wildman–Crippen LogP) is 3.15. The number of benzene rings is 1. The van der Waals surface area contributed by atoms with Crippen molar-refractivity contribution in [2.75, 3.05) is 0 Å². The van der Waals surface area contributed by atoms with Gasteiger partial charge in [-0.15, -0.1) is 0 Å². The molecule has 0 amide bonds. The molecule has 0 fully saturated rings. The maximum absolute atomic E-state index is 12.2. The Balaban J connectivity index is 3.23. The van der Waals surface area contributed by atoms with Crippen LogP contribution in [0.25, 0.3) is 6.08 Å². The topological polar surface area (TPSA) is 0 Å². The van der Waals surface area contributed by atoms with Crippen LogP contribution < -0.4 is 0 Å². The van der Waals surface area contributed by atoms with E-state index in [-0.39, 0.29) is 5.56 Å². The quantitative estimate of drug-likeness (QED) is 0.608. The summed E-state index contributed by atoms with van der Waals surface area (Å²) in [5.74, 6) is 0. The maximum Gasteiger partial charge on any atom is 0.417 e. The molecule has 0 heterocycles. The summed E-state index contributed by atoms with van der Waals surface area (Å²) >= 11 is 0. The average molecular weight is 171 g/mol. The smallest absolute Gasteiger partial charge is 0.166 e.